The van der Waals surface area contributed by atoms with Crippen molar-refractivity contribution in [3.8, 4) is 0 Å². The summed E-state index contributed by atoms with van der Waals surface area (Å²) in [6, 6.07) is 0.214. The van der Waals surface area contributed by atoms with Crippen molar-refractivity contribution in [2.24, 2.45) is 11.8 Å². The summed E-state index contributed by atoms with van der Waals surface area (Å²) in [7, 11) is 0. The zero-order valence-electron chi connectivity index (χ0n) is 14.8. The standard InChI is InChI=1S/C18H25N3O2S/c1-5-21-9-19-17-14(18(21)23)12(4)15(24-17)16(22)20-13-8-6-7-10(2)11(13)3/h9-11,13H,5-8H2,1-4H3,(H,20,22). The Morgan fingerprint density at radius 1 is 1.42 bits per heavy atom. The first-order chi connectivity index (χ1) is 11.4. The van der Waals surface area contributed by atoms with Gasteiger partial charge in [0.1, 0.15) is 4.83 Å². The van der Waals surface area contributed by atoms with Crippen molar-refractivity contribution in [2.75, 3.05) is 0 Å². The van der Waals surface area contributed by atoms with E-state index >= 15 is 0 Å². The molecular formula is C18H25N3O2S. The summed E-state index contributed by atoms with van der Waals surface area (Å²) < 4.78 is 1.58. The van der Waals surface area contributed by atoms with Gasteiger partial charge in [0.25, 0.3) is 11.5 Å². The van der Waals surface area contributed by atoms with Gasteiger partial charge in [-0.15, -0.1) is 11.3 Å². The molecule has 3 rings (SSSR count). The van der Waals surface area contributed by atoms with E-state index in [1.165, 1.54) is 17.8 Å². The number of nitrogens with zero attached hydrogens (tertiary/aromatic N) is 2. The Hall–Kier alpha value is -1.69. The number of hydrogen-bond donors (Lipinski definition) is 1. The van der Waals surface area contributed by atoms with E-state index in [2.05, 4.69) is 24.1 Å². The van der Waals surface area contributed by atoms with E-state index in [1.54, 1.807) is 10.9 Å². The van der Waals surface area contributed by atoms with Gasteiger partial charge in [-0.3, -0.25) is 14.2 Å². The lowest BCUT2D eigenvalue weighted by molar-refractivity contribution is 0.0895. The van der Waals surface area contributed by atoms with Crippen LogP contribution in [-0.4, -0.2) is 21.5 Å². The molecule has 3 unspecified atom stereocenters. The summed E-state index contributed by atoms with van der Waals surface area (Å²) >= 11 is 1.32. The number of aryl methyl sites for hydroxylation is 2. The summed E-state index contributed by atoms with van der Waals surface area (Å²) in [5.74, 6) is 1.04. The number of nitrogens with one attached hydrogen (secondary N) is 1. The average molecular weight is 347 g/mol. The molecule has 5 nitrogen and oxygen atoms in total. The highest BCUT2D eigenvalue weighted by Crippen LogP contribution is 2.31. The first kappa shape index (κ1) is 17.1. The number of aromatic nitrogens is 2. The molecule has 1 amide bonds. The summed E-state index contributed by atoms with van der Waals surface area (Å²) in [5.41, 5.74) is 0.694. The molecule has 130 valence electrons. The number of rotatable bonds is 3. The third-order valence-electron chi connectivity index (χ3n) is 5.49. The van der Waals surface area contributed by atoms with Crippen LogP contribution in [-0.2, 0) is 6.54 Å². The van der Waals surface area contributed by atoms with Crippen molar-refractivity contribution < 1.29 is 4.79 Å². The van der Waals surface area contributed by atoms with E-state index in [9.17, 15) is 9.59 Å². The Labute approximate surface area is 146 Å². The van der Waals surface area contributed by atoms with Crippen molar-refractivity contribution in [2.45, 2.75) is 59.5 Å². The molecule has 1 aliphatic carbocycles. The van der Waals surface area contributed by atoms with Crippen LogP contribution in [0.2, 0.25) is 0 Å². The van der Waals surface area contributed by atoms with Gasteiger partial charge in [-0.1, -0.05) is 26.7 Å². The van der Waals surface area contributed by atoms with Crippen LogP contribution in [0.4, 0.5) is 0 Å². The maximum absolute atomic E-state index is 12.8. The molecule has 2 heterocycles. The van der Waals surface area contributed by atoms with Crippen molar-refractivity contribution in [3.63, 3.8) is 0 Å². The Kier molecular flexibility index (Phi) is 4.76. The highest BCUT2D eigenvalue weighted by atomic mass is 32.1. The molecule has 1 aliphatic rings. The largest absolute Gasteiger partial charge is 0.348 e. The van der Waals surface area contributed by atoms with E-state index in [-0.39, 0.29) is 17.5 Å². The predicted molar refractivity (Wildman–Crippen MR) is 97.7 cm³/mol. The van der Waals surface area contributed by atoms with Crippen molar-refractivity contribution in [1.29, 1.82) is 0 Å². The molecule has 6 heteroatoms. The van der Waals surface area contributed by atoms with Gasteiger partial charge >= 0.3 is 0 Å². The molecule has 0 saturated heterocycles. The second-order valence-corrected chi connectivity index (χ2v) is 7.92. The molecule has 1 N–H and O–H groups in total. The summed E-state index contributed by atoms with van der Waals surface area (Å²) in [5, 5.41) is 3.78. The van der Waals surface area contributed by atoms with E-state index in [0.29, 0.717) is 33.5 Å². The second-order valence-electron chi connectivity index (χ2n) is 6.92. The molecule has 24 heavy (non-hydrogen) atoms. The monoisotopic (exact) mass is 347 g/mol. The number of amides is 1. The van der Waals surface area contributed by atoms with E-state index < -0.39 is 0 Å². The number of carbonyl (C=O) groups is 1. The van der Waals surface area contributed by atoms with E-state index in [0.717, 1.165) is 18.4 Å². The van der Waals surface area contributed by atoms with Gasteiger partial charge in [-0.25, -0.2) is 4.98 Å². The first-order valence-corrected chi connectivity index (χ1v) is 9.55. The van der Waals surface area contributed by atoms with Gasteiger partial charge < -0.3 is 5.32 Å². The summed E-state index contributed by atoms with van der Waals surface area (Å²) in [6.07, 6.45) is 4.98. The molecule has 0 aliphatic heterocycles. The van der Waals surface area contributed by atoms with Crippen LogP contribution in [0.25, 0.3) is 10.2 Å². The van der Waals surface area contributed by atoms with Crippen molar-refractivity contribution >= 4 is 27.5 Å². The van der Waals surface area contributed by atoms with Crippen LogP contribution in [0.5, 0.6) is 0 Å². The van der Waals surface area contributed by atoms with Crippen molar-refractivity contribution in [1.82, 2.24) is 14.9 Å². The Morgan fingerprint density at radius 2 is 2.17 bits per heavy atom. The molecule has 3 atom stereocenters. The van der Waals surface area contributed by atoms with Gasteiger partial charge in [0, 0.05) is 12.6 Å². The topological polar surface area (TPSA) is 64.0 Å². The summed E-state index contributed by atoms with van der Waals surface area (Å²) in [4.78, 5) is 30.9. The minimum absolute atomic E-state index is 0.0602. The first-order valence-electron chi connectivity index (χ1n) is 8.73. The van der Waals surface area contributed by atoms with Crippen molar-refractivity contribution in [3.05, 3.63) is 27.1 Å². The van der Waals surface area contributed by atoms with Gasteiger partial charge in [0.05, 0.1) is 16.6 Å². The van der Waals surface area contributed by atoms with Gasteiger partial charge in [0.15, 0.2) is 0 Å². The lowest BCUT2D eigenvalue weighted by Gasteiger charge is -2.34. The third-order valence-corrected chi connectivity index (χ3v) is 6.69. The van der Waals surface area contributed by atoms with Crippen LogP contribution in [0.3, 0.4) is 0 Å². The minimum atomic E-state index is -0.0658. The molecule has 0 spiro atoms. The molecular weight excluding hydrogens is 322 g/mol. The van der Waals surface area contributed by atoms with E-state index in [4.69, 9.17) is 0 Å². The SMILES string of the molecule is CCn1cnc2sc(C(=O)NC3CCCC(C)C3C)c(C)c2c1=O. The number of hydrogen-bond acceptors (Lipinski definition) is 4. The zero-order valence-corrected chi connectivity index (χ0v) is 15.6. The Bertz CT molecular complexity index is 824. The second kappa shape index (κ2) is 6.67. The molecule has 1 fully saturated rings. The normalized spacial score (nSPS) is 24.2. The van der Waals surface area contributed by atoms with E-state index in [1.807, 2.05) is 13.8 Å². The fraction of sp³-hybridized carbons (Fsp3) is 0.611. The van der Waals surface area contributed by atoms with Crippen LogP contribution >= 0.6 is 11.3 Å². The van der Waals surface area contributed by atoms with Crippen LogP contribution < -0.4 is 10.9 Å². The van der Waals surface area contributed by atoms with Gasteiger partial charge in [0.2, 0.25) is 0 Å². The molecule has 1 saturated carbocycles. The summed E-state index contributed by atoms with van der Waals surface area (Å²) in [6.45, 7) is 8.81. The quantitative estimate of drug-likeness (QED) is 0.926. The highest BCUT2D eigenvalue weighted by Gasteiger charge is 2.29. The maximum Gasteiger partial charge on any atom is 0.262 e. The Balaban J connectivity index is 1.92. The van der Waals surface area contributed by atoms with Crippen LogP contribution in [0, 0.1) is 18.8 Å². The maximum atomic E-state index is 12.8. The average Bonchev–Trinajstić information content (AvgIpc) is 2.90. The van der Waals surface area contributed by atoms with Crippen LogP contribution in [0.1, 0.15) is 55.3 Å². The van der Waals surface area contributed by atoms with Crippen LogP contribution in [0.15, 0.2) is 11.1 Å². The van der Waals surface area contributed by atoms with Gasteiger partial charge in [-0.2, -0.15) is 0 Å². The molecule has 2 aromatic heterocycles. The highest BCUT2D eigenvalue weighted by molar-refractivity contribution is 7.20. The number of carbonyl (C=O) groups excluding carboxylic acids is 1. The molecule has 0 radical (unpaired) electrons. The van der Waals surface area contributed by atoms with Gasteiger partial charge in [-0.05, 0) is 37.7 Å². The number of thiophene rings is 1. The lowest BCUT2D eigenvalue weighted by atomic mass is 9.78. The smallest absolute Gasteiger partial charge is 0.262 e. The number of fused-ring (bicyclic) bond motifs is 1. The Morgan fingerprint density at radius 3 is 2.88 bits per heavy atom. The molecule has 0 aromatic carbocycles. The molecule has 2 aromatic rings. The fourth-order valence-electron chi connectivity index (χ4n) is 3.62. The zero-order chi connectivity index (χ0) is 17.4. The third kappa shape index (κ3) is 2.88. The molecule has 0 bridgehead atoms. The minimum Gasteiger partial charge on any atom is -0.348 e. The lowest BCUT2D eigenvalue weighted by Crippen LogP contribution is -2.43. The fourth-order valence-corrected chi connectivity index (χ4v) is 4.66. The predicted octanol–water partition coefficient (Wildman–Crippen LogP) is 3.34.